The molecule has 5 atom stereocenters. The molecule has 0 rings (SSSR count). The lowest BCUT2D eigenvalue weighted by Gasteiger charge is -2.21. The van der Waals surface area contributed by atoms with Gasteiger partial charge in [0.2, 0.25) is 0 Å². The molecular weight excluding hydrogens is 1140 g/mol. The van der Waals surface area contributed by atoms with Crippen LogP contribution in [-0.4, -0.2) is 96.7 Å². The summed E-state index contributed by atoms with van der Waals surface area (Å²) in [6.45, 7) is 9.35. The molecule has 3 N–H and O–H groups in total. The number of unbranched alkanes of at least 4 members (excludes halogenated alkanes) is 31. The van der Waals surface area contributed by atoms with Gasteiger partial charge in [-0.15, -0.1) is 0 Å². The van der Waals surface area contributed by atoms with E-state index in [1.807, 2.05) is 0 Å². The normalized spacial score (nSPS) is 14.4. The predicted octanol–water partition coefficient (Wildman–Crippen LogP) is 18.4. The van der Waals surface area contributed by atoms with E-state index in [2.05, 4.69) is 65.8 Å². The molecule has 0 saturated carbocycles. The highest BCUT2D eigenvalue weighted by atomic mass is 31.2. The topological polar surface area (TPSA) is 237 Å². The summed E-state index contributed by atoms with van der Waals surface area (Å²) < 4.78 is 67.9. The molecule has 19 heteroatoms. The molecule has 0 fully saturated rings. The molecule has 0 saturated heterocycles. The number of allylic oxidation sites excluding steroid dienone is 4. The number of hydrogen-bond donors (Lipinski definition) is 3. The summed E-state index contributed by atoms with van der Waals surface area (Å²) in [5.41, 5.74) is 0. The van der Waals surface area contributed by atoms with Crippen molar-refractivity contribution in [3.8, 4) is 0 Å². The van der Waals surface area contributed by atoms with Crippen LogP contribution in [0.3, 0.4) is 0 Å². The minimum absolute atomic E-state index is 0.0845. The van der Waals surface area contributed by atoms with Gasteiger partial charge in [-0.25, -0.2) is 9.13 Å². The summed E-state index contributed by atoms with van der Waals surface area (Å²) >= 11 is 0. The molecule has 17 nitrogen and oxygen atoms in total. The number of rotatable bonds is 64. The highest BCUT2D eigenvalue weighted by Crippen LogP contribution is 2.45. The lowest BCUT2D eigenvalue weighted by atomic mass is 10.0. The van der Waals surface area contributed by atoms with Crippen LogP contribution in [0.4, 0.5) is 0 Å². The molecule has 0 radical (unpaired) electrons. The third-order valence-electron chi connectivity index (χ3n) is 14.8. The zero-order chi connectivity index (χ0) is 63.6. The first-order chi connectivity index (χ1) is 41.4. The Balaban J connectivity index is 5.21. The van der Waals surface area contributed by atoms with Gasteiger partial charge in [0.15, 0.2) is 12.2 Å². The van der Waals surface area contributed by atoms with Gasteiger partial charge >= 0.3 is 39.5 Å². The van der Waals surface area contributed by atoms with E-state index < -0.39 is 97.5 Å². The second kappa shape index (κ2) is 58.9. The van der Waals surface area contributed by atoms with Crippen molar-refractivity contribution in [1.29, 1.82) is 0 Å². The number of phosphoric acid groups is 2. The standard InChI is InChI=1S/C67H126O17P2/c1-7-9-11-13-14-15-16-17-18-19-20-28-33-39-45-51-67(72)84-63(56-78-65(70)50-44-38-32-27-23-21-25-30-36-41-47-59(3)4)58-82-86(75,76)80-54-61(68)53-79-85(73,74)81-57-62(55-77-64(69)49-43-35-12-10-8-2)83-66(71)52-46-40-34-29-24-22-26-31-37-42-48-60(5)6/h15-18,59-63,68H,7-14,19-58H2,1-6H3,(H,73,74)(H,75,76)/b16-15-,18-17-/t61-,62+,63+/m0/s1. The Kier molecular flexibility index (Phi) is 57.2. The van der Waals surface area contributed by atoms with Crippen LogP contribution in [0, 0.1) is 11.8 Å². The van der Waals surface area contributed by atoms with E-state index in [1.165, 1.54) is 109 Å². The first kappa shape index (κ1) is 83.5. The van der Waals surface area contributed by atoms with Crippen molar-refractivity contribution < 1.29 is 80.2 Å². The predicted molar refractivity (Wildman–Crippen MR) is 344 cm³/mol. The fourth-order valence-electron chi connectivity index (χ4n) is 9.52. The van der Waals surface area contributed by atoms with Crippen LogP contribution in [0.2, 0.25) is 0 Å². The molecule has 0 aliphatic rings. The van der Waals surface area contributed by atoms with Crippen molar-refractivity contribution in [1.82, 2.24) is 0 Å². The fourth-order valence-corrected chi connectivity index (χ4v) is 11.1. The Bertz CT molecular complexity index is 1780. The second-order valence-corrected chi connectivity index (χ2v) is 27.4. The number of aliphatic hydroxyl groups is 1. The zero-order valence-corrected chi connectivity index (χ0v) is 56.9. The Morgan fingerprint density at radius 2 is 0.628 bits per heavy atom. The quantitative estimate of drug-likeness (QED) is 0.0169. The van der Waals surface area contributed by atoms with Gasteiger partial charge in [0.05, 0.1) is 26.4 Å². The molecule has 506 valence electrons. The number of esters is 4. The number of ether oxygens (including phenoxy) is 4. The van der Waals surface area contributed by atoms with E-state index in [9.17, 15) is 43.2 Å². The summed E-state index contributed by atoms with van der Waals surface area (Å²) in [5.74, 6) is -0.664. The Morgan fingerprint density at radius 3 is 0.953 bits per heavy atom. The summed E-state index contributed by atoms with van der Waals surface area (Å²) in [7, 11) is -9.90. The molecular formula is C67H126O17P2. The third-order valence-corrected chi connectivity index (χ3v) is 16.7. The van der Waals surface area contributed by atoms with Crippen LogP contribution in [0.1, 0.15) is 311 Å². The molecule has 0 heterocycles. The monoisotopic (exact) mass is 1260 g/mol. The van der Waals surface area contributed by atoms with Crippen molar-refractivity contribution in [3.05, 3.63) is 24.3 Å². The SMILES string of the molecule is CCCCCC/C=C\C=C/CCCCCCCC(=O)O[C@H](COC(=O)CCCCCCCCCCCCC(C)C)COP(=O)(O)OC[C@@H](O)COP(=O)(O)OC[C@@H](COC(=O)CCCCCCC)OC(=O)CCCCCCCCCCCCC(C)C. The zero-order valence-electron chi connectivity index (χ0n) is 55.1. The van der Waals surface area contributed by atoms with E-state index in [4.69, 9.17) is 37.0 Å². The molecule has 0 aromatic carbocycles. The van der Waals surface area contributed by atoms with E-state index >= 15 is 0 Å². The maximum atomic E-state index is 13.0. The average Bonchev–Trinajstić information content (AvgIpc) is 3.56. The molecule has 0 aromatic heterocycles. The van der Waals surface area contributed by atoms with Crippen LogP contribution < -0.4 is 0 Å². The molecule has 86 heavy (non-hydrogen) atoms. The van der Waals surface area contributed by atoms with Gasteiger partial charge in [0.25, 0.3) is 0 Å². The highest BCUT2D eigenvalue weighted by Gasteiger charge is 2.30. The molecule has 0 spiro atoms. The van der Waals surface area contributed by atoms with Crippen molar-refractivity contribution in [2.75, 3.05) is 39.6 Å². The van der Waals surface area contributed by atoms with E-state index in [-0.39, 0.29) is 25.7 Å². The van der Waals surface area contributed by atoms with Gasteiger partial charge in [-0.05, 0) is 63.2 Å². The van der Waals surface area contributed by atoms with Crippen molar-refractivity contribution in [2.45, 2.75) is 330 Å². The minimum Gasteiger partial charge on any atom is -0.462 e. The van der Waals surface area contributed by atoms with Gasteiger partial charge in [-0.1, -0.05) is 258 Å². The van der Waals surface area contributed by atoms with Gasteiger partial charge in [-0.3, -0.25) is 37.3 Å². The average molecular weight is 1270 g/mol. The van der Waals surface area contributed by atoms with Crippen LogP contribution in [-0.2, 0) is 65.4 Å². The number of hydrogen-bond acceptors (Lipinski definition) is 15. The first-order valence-electron chi connectivity index (χ1n) is 34.3. The summed E-state index contributed by atoms with van der Waals surface area (Å²) in [6.07, 6.45) is 45.6. The Hall–Kier alpha value is -2.46. The van der Waals surface area contributed by atoms with E-state index in [0.717, 1.165) is 121 Å². The molecule has 2 unspecified atom stereocenters. The molecule has 0 aromatic rings. The summed E-state index contributed by atoms with van der Waals surface area (Å²) in [6, 6.07) is 0. The van der Waals surface area contributed by atoms with Gasteiger partial charge in [0, 0.05) is 25.7 Å². The van der Waals surface area contributed by atoms with Crippen LogP contribution >= 0.6 is 15.6 Å². The van der Waals surface area contributed by atoms with E-state index in [1.54, 1.807) is 0 Å². The van der Waals surface area contributed by atoms with Gasteiger partial charge < -0.3 is 33.8 Å². The summed E-state index contributed by atoms with van der Waals surface area (Å²) in [4.78, 5) is 72.1. The number of phosphoric ester groups is 2. The number of carbonyl (C=O) groups is 4. The number of carbonyl (C=O) groups excluding carboxylic acids is 4. The summed E-state index contributed by atoms with van der Waals surface area (Å²) in [5, 5.41) is 10.5. The Morgan fingerprint density at radius 1 is 0.360 bits per heavy atom. The third kappa shape index (κ3) is 60.5. The van der Waals surface area contributed by atoms with Crippen molar-refractivity contribution in [3.63, 3.8) is 0 Å². The van der Waals surface area contributed by atoms with Crippen molar-refractivity contribution in [2.24, 2.45) is 11.8 Å². The largest absolute Gasteiger partial charge is 0.472 e. The van der Waals surface area contributed by atoms with Crippen LogP contribution in [0.15, 0.2) is 24.3 Å². The van der Waals surface area contributed by atoms with Crippen molar-refractivity contribution >= 4 is 39.5 Å². The maximum Gasteiger partial charge on any atom is 0.472 e. The second-order valence-electron chi connectivity index (χ2n) is 24.5. The Labute approximate surface area is 522 Å². The van der Waals surface area contributed by atoms with Crippen LogP contribution in [0.5, 0.6) is 0 Å². The lowest BCUT2D eigenvalue weighted by molar-refractivity contribution is -0.161. The molecule has 0 bridgehead atoms. The number of aliphatic hydroxyl groups excluding tert-OH is 1. The van der Waals surface area contributed by atoms with E-state index in [0.29, 0.717) is 25.7 Å². The molecule has 0 amide bonds. The lowest BCUT2D eigenvalue weighted by Crippen LogP contribution is -2.30. The van der Waals surface area contributed by atoms with Gasteiger partial charge in [0.1, 0.15) is 19.3 Å². The minimum atomic E-state index is -4.96. The molecule has 0 aliphatic carbocycles. The van der Waals surface area contributed by atoms with Gasteiger partial charge in [-0.2, -0.15) is 0 Å². The highest BCUT2D eigenvalue weighted by molar-refractivity contribution is 7.47. The molecule has 0 aliphatic heterocycles. The fraction of sp³-hybridized carbons (Fsp3) is 0.881. The maximum absolute atomic E-state index is 13.0. The first-order valence-corrected chi connectivity index (χ1v) is 37.3. The van der Waals surface area contributed by atoms with Crippen LogP contribution in [0.25, 0.3) is 0 Å². The smallest absolute Gasteiger partial charge is 0.462 e.